The summed E-state index contributed by atoms with van der Waals surface area (Å²) in [5.41, 5.74) is 2.17. The summed E-state index contributed by atoms with van der Waals surface area (Å²) in [6.07, 6.45) is 0.761. The molecule has 0 aromatic heterocycles. The Bertz CT molecular complexity index is 642. The monoisotopic (exact) mass is 304 g/mol. The van der Waals surface area contributed by atoms with Gasteiger partial charge in [0.1, 0.15) is 11.6 Å². The van der Waals surface area contributed by atoms with Crippen LogP contribution in [0.2, 0.25) is 0 Å². The fourth-order valence-electron chi connectivity index (χ4n) is 2.09. The van der Waals surface area contributed by atoms with E-state index in [1.54, 1.807) is 0 Å². The smallest absolute Gasteiger partial charge is 0.221 e. The zero-order valence-corrected chi connectivity index (χ0v) is 12.3. The molecule has 0 spiro atoms. The van der Waals surface area contributed by atoms with Crippen LogP contribution in [0.5, 0.6) is 0 Å². The normalized spacial score (nSPS) is 10.5. The minimum atomic E-state index is -0.438. The van der Waals surface area contributed by atoms with Crippen molar-refractivity contribution in [1.29, 1.82) is 0 Å². The first-order valence-corrected chi connectivity index (χ1v) is 7.06. The maximum Gasteiger partial charge on any atom is 0.221 e. The van der Waals surface area contributed by atoms with Crippen LogP contribution in [0, 0.1) is 11.6 Å². The highest BCUT2D eigenvalue weighted by Crippen LogP contribution is 2.11. The Morgan fingerprint density at radius 2 is 1.82 bits per heavy atom. The topological polar surface area (TPSA) is 41.1 Å². The minimum Gasteiger partial charge on any atom is -0.326 e. The largest absolute Gasteiger partial charge is 0.326 e. The molecule has 0 unspecified atom stereocenters. The van der Waals surface area contributed by atoms with Crippen LogP contribution in [0.4, 0.5) is 14.5 Å². The summed E-state index contributed by atoms with van der Waals surface area (Å²) < 4.78 is 26.5. The summed E-state index contributed by atoms with van der Waals surface area (Å²) >= 11 is 0. The highest BCUT2D eigenvalue weighted by molar-refractivity contribution is 5.88. The number of amides is 1. The Morgan fingerprint density at radius 3 is 2.50 bits per heavy atom. The minimum absolute atomic E-state index is 0.105. The maximum atomic E-state index is 13.4. The third-order valence-corrected chi connectivity index (χ3v) is 3.19. The third kappa shape index (κ3) is 4.93. The van der Waals surface area contributed by atoms with Crippen LogP contribution >= 0.6 is 0 Å². The molecule has 2 rings (SSSR count). The van der Waals surface area contributed by atoms with Gasteiger partial charge in [0.2, 0.25) is 5.91 Å². The Kier molecular flexibility index (Phi) is 5.61. The van der Waals surface area contributed by atoms with E-state index in [4.69, 9.17) is 0 Å². The Labute approximate surface area is 128 Å². The summed E-state index contributed by atoms with van der Waals surface area (Å²) in [6, 6.07) is 11.0. The number of anilines is 1. The van der Waals surface area contributed by atoms with Gasteiger partial charge in [0.15, 0.2) is 0 Å². The van der Waals surface area contributed by atoms with E-state index in [1.165, 1.54) is 13.0 Å². The molecule has 2 aromatic rings. The van der Waals surface area contributed by atoms with E-state index in [1.807, 2.05) is 24.3 Å². The Morgan fingerprint density at radius 1 is 1.09 bits per heavy atom. The number of carbonyl (C=O) groups is 1. The van der Waals surface area contributed by atoms with Crippen LogP contribution in [-0.2, 0) is 17.8 Å². The van der Waals surface area contributed by atoms with Crippen molar-refractivity contribution in [2.24, 2.45) is 0 Å². The Hall–Kier alpha value is -2.27. The third-order valence-electron chi connectivity index (χ3n) is 3.19. The van der Waals surface area contributed by atoms with Gasteiger partial charge in [0.05, 0.1) is 0 Å². The predicted molar refractivity (Wildman–Crippen MR) is 82.5 cm³/mol. The molecule has 0 radical (unpaired) electrons. The second-order valence-corrected chi connectivity index (χ2v) is 5.04. The number of hydrogen-bond donors (Lipinski definition) is 2. The van der Waals surface area contributed by atoms with Gasteiger partial charge in [-0.05, 0) is 48.9 Å². The van der Waals surface area contributed by atoms with Gasteiger partial charge in [-0.1, -0.05) is 12.1 Å². The van der Waals surface area contributed by atoms with E-state index >= 15 is 0 Å². The summed E-state index contributed by atoms with van der Waals surface area (Å²) in [7, 11) is 0. The lowest BCUT2D eigenvalue weighted by molar-refractivity contribution is -0.114. The van der Waals surface area contributed by atoms with Gasteiger partial charge in [-0.2, -0.15) is 0 Å². The highest BCUT2D eigenvalue weighted by atomic mass is 19.1. The average molecular weight is 304 g/mol. The number of halogens is 2. The second-order valence-electron chi connectivity index (χ2n) is 5.04. The quantitative estimate of drug-likeness (QED) is 0.804. The molecule has 0 atom stereocenters. The molecule has 2 N–H and O–H groups in total. The van der Waals surface area contributed by atoms with Crippen molar-refractivity contribution in [1.82, 2.24) is 5.32 Å². The molecule has 0 fully saturated rings. The zero-order valence-electron chi connectivity index (χ0n) is 12.3. The van der Waals surface area contributed by atoms with Crippen LogP contribution in [0.3, 0.4) is 0 Å². The second kappa shape index (κ2) is 7.66. The molecule has 3 nitrogen and oxygen atoms in total. The van der Waals surface area contributed by atoms with Crippen molar-refractivity contribution in [3.63, 3.8) is 0 Å². The van der Waals surface area contributed by atoms with E-state index in [-0.39, 0.29) is 12.5 Å². The zero-order chi connectivity index (χ0) is 15.9. The molecule has 0 aliphatic rings. The summed E-state index contributed by atoms with van der Waals surface area (Å²) in [4.78, 5) is 10.9. The first kappa shape index (κ1) is 16.1. The van der Waals surface area contributed by atoms with E-state index < -0.39 is 11.6 Å². The number of rotatable bonds is 6. The number of carbonyl (C=O) groups excluding carboxylic acids is 1. The number of nitrogens with one attached hydrogen (secondary N) is 2. The molecule has 1 amide bonds. The molecule has 0 saturated heterocycles. The van der Waals surface area contributed by atoms with Crippen LogP contribution < -0.4 is 10.6 Å². The number of benzene rings is 2. The first-order chi connectivity index (χ1) is 10.5. The van der Waals surface area contributed by atoms with Gasteiger partial charge in [0.25, 0.3) is 0 Å². The van der Waals surface area contributed by atoms with Crippen molar-refractivity contribution in [2.45, 2.75) is 19.9 Å². The van der Waals surface area contributed by atoms with Crippen LogP contribution in [-0.4, -0.2) is 12.5 Å². The molecular formula is C17H18F2N2O. The molecule has 2 aromatic carbocycles. The van der Waals surface area contributed by atoms with E-state index in [0.29, 0.717) is 12.1 Å². The molecule has 0 bridgehead atoms. The molecule has 0 aliphatic heterocycles. The SMILES string of the molecule is CC(=O)Nc1ccc(CCNCc2cc(F)ccc2F)cc1. The van der Waals surface area contributed by atoms with Gasteiger partial charge in [-0.15, -0.1) is 0 Å². The highest BCUT2D eigenvalue weighted by Gasteiger charge is 2.03. The van der Waals surface area contributed by atoms with E-state index in [2.05, 4.69) is 10.6 Å². The van der Waals surface area contributed by atoms with Gasteiger partial charge >= 0.3 is 0 Å². The predicted octanol–water partition coefficient (Wildman–Crippen LogP) is 3.26. The van der Waals surface area contributed by atoms with Gasteiger partial charge in [-0.3, -0.25) is 4.79 Å². The molecule has 0 saturated carbocycles. The van der Waals surface area contributed by atoms with Crippen molar-refractivity contribution in [3.05, 3.63) is 65.2 Å². The lowest BCUT2D eigenvalue weighted by Crippen LogP contribution is -2.17. The standard InChI is InChI=1S/C17H18F2N2O/c1-12(22)21-16-5-2-13(3-6-16)8-9-20-11-14-10-15(18)4-7-17(14)19/h2-7,10,20H,8-9,11H2,1H3,(H,21,22). The summed E-state index contributed by atoms with van der Waals surface area (Å²) in [5.74, 6) is -0.952. The molecule has 0 heterocycles. The molecular weight excluding hydrogens is 286 g/mol. The van der Waals surface area contributed by atoms with Gasteiger partial charge < -0.3 is 10.6 Å². The van der Waals surface area contributed by atoms with Crippen LogP contribution in [0.1, 0.15) is 18.1 Å². The summed E-state index contributed by atoms with van der Waals surface area (Å²) in [6.45, 7) is 2.40. The summed E-state index contributed by atoms with van der Waals surface area (Å²) in [5, 5.41) is 5.79. The first-order valence-electron chi connectivity index (χ1n) is 7.06. The molecule has 116 valence electrons. The lowest BCUT2D eigenvalue weighted by atomic mass is 10.1. The van der Waals surface area contributed by atoms with Gasteiger partial charge in [-0.25, -0.2) is 8.78 Å². The lowest BCUT2D eigenvalue weighted by Gasteiger charge is -2.07. The van der Waals surface area contributed by atoms with Crippen molar-refractivity contribution < 1.29 is 13.6 Å². The van der Waals surface area contributed by atoms with Crippen LogP contribution in [0.15, 0.2) is 42.5 Å². The van der Waals surface area contributed by atoms with E-state index in [9.17, 15) is 13.6 Å². The van der Waals surface area contributed by atoms with Crippen molar-refractivity contribution >= 4 is 11.6 Å². The fourth-order valence-corrected chi connectivity index (χ4v) is 2.09. The molecule has 22 heavy (non-hydrogen) atoms. The average Bonchev–Trinajstić information content (AvgIpc) is 2.48. The van der Waals surface area contributed by atoms with Crippen molar-refractivity contribution in [3.8, 4) is 0 Å². The molecule has 5 heteroatoms. The Balaban J connectivity index is 1.79. The maximum absolute atomic E-state index is 13.4. The number of hydrogen-bond acceptors (Lipinski definition) is 2. The van der Waals surface area contributed by atoms with Crippen molar-refractivity contribution in [2.75, 3.05) is 11.9 Å². The van der Waals surface area contributed by atoms with Gasteiger partial charge in [0, 0.05) is 24.7 Å². The van der Waals surface area contributed by atoms with E-state index in [0.717, 1.165) is 29.8 Å². The fraction of sp³-hybridized carbons (Fsp3) is 0.235. The molecule has 0 aliphatic carbocycles. The van der Waals surface area contributed by atoms with Crippen LogP contribution in [0.25, 0.3) is 0 Å².